The van der Waals surface area contributed by atoms with Crippen LogP contribution >= 0.6 is 11.8 Å². The summed E-state index contributed by atoms with van der Waals surface area (Å²) < 4.78 is 0. The molecule has 1 fully saturated rings. The normalized spacial score (nSPS) is 20.0. The first-order valence-corrected chi connectivity index (χ1v) is 9.84. The third kappa shape index (κ3) is 6.92. The van der Waals surface area contributed by atoms with Gasteiger partial charge in [-0.25, -0.2) is 0 Å². The summed E-state index contributed by atoms with van der Waals surface area (Å²) in [6, 6.07) is 0.695. The van der Waals surface area contributed by atoms with E-state index in [1.165, 1.54) is 44.5 Å². The van der Waals surface area contributed by atoms with Crippen LogP contribution in [0.1, 0.15) is 39.5 Å². The molecule has 0 amide bonds. The van der Waals surface area contributed by atoms with E-state index in [-0.39, 0.29) is 0 Å². The molecule has 0 aromatic heterocycles. The van der Waals surface area contributed by atoms with Crippen molar-refractivity contribution in [3.63, 3.8) is 0 Å². The topological polar surface area (TPSA) is 30.9 Å². The molecule has 5 heteroatoms. The Hall–Kier alpha value is -0.420. The van der Waals surface area contributed by atoms with Crippen molar-refractivity contribution in [3.8, 4) is 0 Å². The molecular weight excluding hydrogens is 280 g/mol. The molecule has 1 heterocycles. The molecule has 0 aromatic carbocycles. The lowest BCUT2D eigenvalue weighted by Gasteiger charge is -2.29. The lowest BCUT2D eigenvalue weighted by Crippen LogP contribution is -2.46. The van der Waals surface area contributed by atoms with E-state index < -0.39 is 0 Å². The number of hydrogen-bond acceptors (Lipinski definition) is 3. The summed E-state index contributed by atoms with van der Waals surface area (Å²) in [5.74, 6) is 2.32. The van der Waals surface area contributed by atoms with Gasteiger partial charge in [-0.2, -0.15) is 11.8 Å². The zero-order chi connectivity index (χ0) is 15.5. The highest BCUT2D eigenvalue weighted by atomic mass is 32.2. The van der Waals surface area contributed by atoms with Crippen molar-refractivity contribution >= 4 is 17.7 Å². The van der Waals surface area contributed by atoms with Crippen LogP contribution in [0.3, 0.4) is 0 Å². The maximum atomic E-state index is 4.78. The summed E-state index contributed by atoms with van der Waals surface area (Å²) in [5.41, 5.74) is 0. The molecule has 0 aromatic rings. The van der Waals surface area contributed by atoms with E-state index >= 15 is 0 Å². The van der Waals surface area contributed by atoms with Gasteiger partial charge in [-0.3, -0.25) is 9.89 Å². The zero-order valence-corrected chi connectivity index (χ0v) is 15.2. The molecule has 1 unspecified atom stereocenters. The number of hydrogen-bond donors (Lipinski definition) is 1. The van der Waals surface area contributed by atoms with E-state index in [4.69, 9.17) is 4.99 Å². The Balaban J connectivity index is 2.44. The molecule has 1 saturated heterocycles. The van der Waals surface area contributed by atoms with Crippen molar-refractivity contribution in [1.82, 2.24) is 15.1 Å². The number of thioether (sulfide) groups is 1. The predicted molar refractivity (Wildman–Crippen MR) is 96.5 cm³/mol. The smallest absolute Gasteiger partial charge is 0.193 e. The molecule has 1 aliphatic heterocycles. The number of rotatable bonds is 9. The van der Waals surface area contributed by atoms with Gasteiger partial charge in [0.2, 0.25) is 0 Å². The van der Waals surface area contributed by atoms with E-state index in [1.807, 2.05) is 11.8 Å². The fourth-order valence-electron chi connectivity index (χ4n) is 2.93. The van der Waals surface area contributed by atoms with Gasteiger partial charge in [-0.15, -0.1) is 0 Å². The fourth-order valence-corrected chi connectivity index (χ4v) is 3.43. The van der Waals surface area contributed by atoms with E-state index in [9.17, 15) is 0 Å². The van der Waals surface area contributed by atoms with Crippen molar-refractivity contribution in [2.24, 2.45) is 4.99 Å². The van der Waals surface area contributed by atoms with Crippen molar-refractivity contribution < 1.29 is 0 Å². The van der Waals surface area contributed by atoms with E-state index in [0.717, 1.165) is 25.6 Å². The maximum absolute atomic E-state index is 4.78. The van der Waals surface area contributed by atoms with Crippen molar-refractivity contribution in [3.05, 3.63) is 0 Å². The largest absolute Gasteiger partial charge is 0.357 e. The first-order valence-electron chi connectivity index (χ1n) is 8.45. The molecule has 1 aliphatic rings. The minimum absolute atomic E-state index is 0.695. The highest BCUT2D eigenvalue weighted by Crippen LogP contribution is 2.17. The second-order valence-electron chi connectivity index (χ2n) is 5.74. The molecule has 1 atom stereocenters. The van der Waals surface area contributed by atoms with Gasteiger partial charge in [0, 0.05) is 32.7 Å². The Morgan fingerprint density at radius 2 is 2.19 bits per heavy atom. The summed E-state index contributed by atoms with van der Waals surface area (Å²) in [7, 11) is 2.18. The van der Waals surface area contributed by atoms with Gasteiger partial charge in [-0.1, -0.05) is 6.92 Å². The second kappa shape index (κ2) is 11.2. The van der Waals surface area contributed by atoms with Gasteiger partial charge >= 0.3 is 0 Å². The number of nitrogens with zero attached hydrogens (tertiary/aromatic N) is 3. The van der Waals surface area contributed by atoms with Crippen LogP contribution in [0.25, 0.3) is 0 Å². The molecule has 0 aliphatic carbocycles. The SMILES string of the molecule is CCNC(=NCCCCSC)N(C)CC1CCCN1CC. The van der Waals surface area contributed by atoms with Crippen LogP contribution in [0.2, 0.25) is 0 Å². The maximum Gasteiger partial charge on any atom is 0.193 e. The van der Waals surface area contributed by atoms with Crippen molar-refractivity contribution in [2.45, 2.75) is 45.6 Å². The average molecular weight is 315 g/mol. The Morgan fingerprint density at radius 1 is 1.38 bits per heavy atom. The Bertz CT molecular complexity index is 296. The van der Waals surface area contributed by atoms with Crippen LogP contribution in [-0.2, 0) is 0 Å². The van der Waals surface area contributed by atoms with Gasteiger partial charge in [0.15, 0.2) is 5.96 Å². The number of aliphatic imine (C=N–C) groups is 1. The van der Waals surface area contributed by atoms with Gasteiger partial charge in [-0.05, 0) is 57.7 Å². The number of nitrogens with one attached hydrogen (secondary N) is 1. The van der Waals surface area contributed by atoms with E-state index in [1.54, 1.807) is 0 Å². The van der Waals surface area contributed by atoms with Crippen LogP contribution in [0.15, 0.2) is 4.99 Å². The van der Waals surface area contributed by atoms with Gasteiger partial charge < -0.3 is 10.2 Å². The van der Waals surface area contributed by atoms with E-state index in [0.29, 0.717) is 6.04 Å². The summed E-state index contributed by atoms with van der Waals surface area (Å²) in [5, 5.41) is 3.43. The zero-order valence-electron chi connectivity index (χ0n) is 14.4. The highest BCUT2D eigenvalue weighted by Gasteiger charge is 2.24. The first-order chi connectivity index (χ1) is 10.2. The third-order valence-electron chi connectivity index (χ3n) is 4.10. The fraction of sp³-hybridized carbons (Fsp3) is 0.938. The molecule has 0 radical (unpaired) electrons. The summed E-state index contributed by atoms with van der Waals surface area (Å²) in [4.78, 5) is 9.69. The summed E-state index contributed by atoms with van der Waals surface area (Å²) in [6.07, 6.45) is 7.29. The van der Waals surface area contributed by atoms with E-state index in [2.05, 4.69) is 42.3 Å². The quantitative estimate of drug-likeness (QED) is 0.402. The van der Waals surface area contributed by atoms with Crippen molar-refractivity contribution in [2.75, 3.05) is 51.8 Å². The molecule has 4 nitrogen and oxygen atoms in total. The minimum atomic E-state index is 0.695. The lowest BCUT2D eigenvalue weighted by molar-refractivity contribution is 0.232. The molecule has 0 saturated carbocycles. The van der Waals surface area contributed by atoms with Crippen LogP contribution in [0.5, 0.6) is 0 Å². The lowest BCUT2D eigenvalue weighted by atomic mass is 10.2. The number of likely N-dealkylation sites (tertiary alicyclic amines) is 1. The summed E-state index contributed by atoms with van der Waals surface area (Å²) >= 11 is 1.92. The Labute approximate surface area is 135 Å². The third-order valence-corrected chi connectivity index (χ3v) is 4.80. The van der Waals surface area contributed by atoms with Crippen LogP contribution in [-0.4, -0.2) is 73.6 Å². The number of likely N-dealkylation sites (N-methyl/N-ethyl adjacent to an activating group) is 2. The van der Waals surface area contributed by atoms with Gasteiger partial charge in [0.1, 0.15) is 0 Å². The van der Waals surface area contributed by atoms with Gasteiger partial charge in [0.05, 0.1) is 0 Å². The van der Waals surface area contributed by atoms with Crippen LogP contribution in [0.4, 0.5) is 0 Å². The van der Waals surface area contributed by atoms with Crippen LogP contribution < -0.4 is 5.32 Å². The number of unbranched alkanes of at least 4 members (excludes halogenated alkanes) is 1. The first kappa shape index (κ1) is 18.6. The Morgan fingerprint density at radius 3 is 2.86 bits per heavy atom. The van der Waals surface area contributed by atoms with Crippen LogP contribution in [0, 0.1) is 0 Å². The molecule has 124 valence electrons. The van der Waals surface area contributed by atoms with Gasteiger partial charge in [0.25, 0.3) is 0 Å². The average Bonchev–Trinajstić information content (AvgIpc) is 2.93. The van der Waals surface area contributed by atoms with Crippen molar-refractivity contribution in [1.29, 1.82) is 0 Å². The molecule has 21 heavy (non-hydrogen) atoms. The standard InChI is InChI=1S/C16H34N4S/c1-5-17-16(18-11-7-8-13-21-4)19(3)14-15-10-9-12-20(15)6-2/h15H,5-14H2,1-4H3,(H,17,18). The minimum Gasteiger partial charge on any atom is -0.357 e. The number of guanidine groups is 1. The molecule has 0 bridgehead atoms. The predicted octanol–water partition coefficient (Wildman–Crippen LogP) is 2.51. The Kier molecular flexibility index (Phi) is 9.92. The molecular formula is C16H34N4S. The second-order valence-corrected chi connectivity index (χ2v) is 6.73. The molecule has 1 rings (SSSR count). The molecule has 0 spiro atoms. The summed E-state index contributed by atoms with van der Waals surface area (Å²) in [6.45, 7) is 9.81. The monoisotopic (exact) mass is 314 g/mol. The highest BCUT2D eigenvalue weighted by molar-refractivity contribution is 7.98. The molecule has 1 N–H and O–H groups in total.